The molecule has 0 aliphatic carbocycles. The van der Waals surface area contributed by atoms with Gasteiger partial charge >= 0.3 is 0 Å². The van der Waals surface area contributed by atoms with E-state index in [1.807, 2.05) is 6.07 Å². The molecule has 0 atom stereocenters. The van der Waals surface area contributed by atoms with Crippen LogP contribution in [0.2, 0.25) is 0 Å². The standard InChI is InChI=1S/C16H15N3O4S/c1-19(23-2)24(21,22)15-9-5-13(6-10-15)16(20)18-14-7-3-12(11-17)4-8-14/h3-10H,1-2H3,(H,18,20). The van der Waals surface area contributed by atoms with E-state index >= 15 is 0 Å². The Hall–Kier alpha value is -2.73. The van der Waals surface area contributed by atoms with Crippen LogP contribution < -0.4 is 5.32 Å². The van der Waals surface area contributed by atoms with Crippen LogP contribution in [-0.2, 0) is 14.9 Å². The van der Waals surface area contributed by atoms with Gasteiger partial charge in [0, 0.05) is 18.3 Å². The fourth-order valence-electron chi connectivity index (χ4n) is 1.86. The molecule has 2 rings (SSSR count). The number of rotatable bonds is 5. The van der Waals surface area contributed by atoms with Gasteiger partial charge < -0.3 is 5.32 Å². The topological polar surface area (TPSA) is 99.5 Å². The molecule has 24 heavy (non-hydrogen) atoms. The van der Waals surface area contributed by atoms with Crippen molar-refractivity contribution in [3.05, 3.63) is 59.7 Å². The molecule has 0 aromatic heterocycles. The quantitative estimate of drug-likeness (QED) is 0.836. The number of amides is 1. The summed E-state index contributed by atoms with van der Waals surface area (Å²) >= 11 is 0. The van der Waals surface area contributed by atoms with Crippen molar-refractivity contribution in [3.63, 3.8) is 0 Å². The molecule has 1 N–H and O–H groups in total. The normalized spacial score (nSPS) is 11.1. The lowest BCUT2D eigenvalue weighted by atomic mass is 10.2. The van der Waals surface area contributed by atoms with Gasteiger partial charge in [-0.2, -0.15) is 5.26 Å². The third-order valence-corrected chi connectivity index (χ3v) is 4.98. The number of hydroxylamine groups is 1. The molecule has 0 aliphatic heterocycles. The largest absolute Gasteiger partial charge is 0.322 e. The highest BCUT2D eigenvalue weighted by molar-refractivity contribution is 7.89. The van der Waals surface area contributed by atoms with Gasteiger partial charge in [-0.15, -0.1) is 0 Å². The lowest BCUT2D eigenvalue weighted by Gasteiger charge is -2.14. The number of carbonyl (C=O) groups is 1. The van der Waals surface area contributed by atoms with E-state index in [4.69, 9.17) is 5.26 Å². The summed E-state index contributed by atoms with van der Waals surface area (Å²) in [4.78, 5) is 16.9. The Morgan fingerprint density at radius 2 is 1.71 bits per heavy atom. The summed E-state index contributed by atoms with van der Waals surface area (Å²) in [6.07, 6.45) is 0. The van der Waals surface area contributed by atoms with Crippen LogP contribution in [-0.4, -0.2) is 33.0 Å². The molecule has 0 heterocycles. The third-order valence-electron chi connectivity index (χ3n) is 3.28. The van der Waals surface area contributed by atoms with Crippen molar-refractivity contribution in [3.8, 4) is 6.07 Å². The van der Waals surface area contributed by atoms with Crippen molar-refractivity contribution in [1.82, 2.24) is 4.47 Å². The van der Waals surface area contributed by atoms with Crippen LogP contribution in [0.15, 0.2) is 53.4 Å². The van der Waals surface area contributed by atoms with E-state index in [0.717, 1.165) is 4.47 Å². The van der Waals surface area contributed by atoms with E-state index < -0.39 is 10.0 Å². The molecule has 0 spiro atoms. The number of sulfonamides is 1. The number of anilines is 1. The van der Waals surface area contributed by atoms with Gasteiger partial charge in [-0.05, 0) is 48.5 Å². The van der Waals surface area contributed by atoms with Crippen LogP contribution in [0.1, 0.15) is 15.9 Å². The van der Waals surface area contributed by atoms with E-state index in [1.54, 1.807) is 24.3 Å². The van der Waals surface area contributed by atoms with Gasteiger partial charge in [-0.25, -0.2) is 8.42 Å². The molecule has 0 fully saturated rings. The predicted molar refractivity (Wildman–Crippen MR) is 87.5 cm³/mol. The molecule has 0 bridgehead atoms. The van der Waals surface area contributed by atoms with Crippen molar-refractivity contribution in [2.24, 2.45) is 0 Å². The van der Waals surface area contributed by atoms with E-state index in [2.05, 4.69) is 10.2 Å². The first-order valence-electron chi connectivity index (χ1n) is 6.83. The van der Waals surface area contributed by atoms with Crippen LogP contribution >= 0.6 is 0 Å². The summed E-state index contributed by atoms with van der Waals surface area (Å²) < 4.78 is 24.9. The Kier molecular flexibility index (Phi) is 5.31. The van der Waals surface area contributed by atoms with Gasteiger partial charge in [-0.1, -0.05) is 4.47 Å². The molecule has 2 aromatic carbocycles. The predicted octanol–water partition coefficient (Wildman–Crippen LogP) is 1.99. The van der Waals surface area contributed by atoms with Crippen LogP contribution in [0.25, 0.3) is 0 Å². The first-order chi connectivity index (χ1) is 11.4. The van der Waals surface area contributed by atoms with Gasteiger partial charge in [-0.3, -0.25) is 9.63 Å². The molecule has 7 nitrogen and oxygen atoms in total. The molecule has 0 saturated heterocycles. The Bertz CT molecular complexity index is 869. The maximum atomic E-state index is 12.2. The number of nitrogens with one attached hydrogen (secondary N) is 1. The lowest BCUT2D eigenvalue weighted by molar-refractivity contribution is -0.0258. The molecule has 2 aromatic rings. The molecular weight excluding hydrogens is 330 g/mol. The number of hydrogen-bond acceptors (Lipinski definition) is 5. The highest BCUT2D eigenvalue weighted by Gasteiger charge is 2.20. The van der Waals surface area contributed by atoms with Crippen LogP contribution in [0, 0.1) is 11.3 Å². The molecule has 0 saturated carbocycles. The van der Waals surface area contributed by atoms with Gasteiger partial charge in [0.05, 0.1) is 23.6 Å². The minimum atomic E-state index is -3.75. The highest BCUT2D eigenvalue weighted by atomic mass is 32.2. The van der Waals surface area contributed by atoms with E-state index in [0.29, 0.717) is 16.8 Å². The second-order valence-corrected chi connectivity index (χ2v) is 6.70. The van der Waals surface area contributed by atoms with Crippen molar-refractivity contribution < 1.29 is 18.0 Å². The second kappa shape index (κ2) is 7.23. The fourth-order valence-corrected chi connectivity index (χ4v) is 2.83. The highest BCUT2D eigenvalue weighted by Crippen LogP contribution is 2.16. The Labute approximate surface area is 140 Å². The minimum Gasteiger partial charge on any atom is -0.322 e. The maximum absolute atomic E-state index is 12.2. The number of nitrogens with zero attached hydrogens (tertiary/aromatic N) is 2. The zero-order chi connectivity index (χ0) is 17.7. The average Bonchev–Trinajstić information content (AvgIpc) is 2.61. The second-order valence-electron chi connectivity index (χ2n) is 4.76. The maximum Gasteiger partial charge on any atom is 0.264 e. The molecular formula is C16H15N3O4S. The van der Waals surface area contributed by atoms with Crippen molar-refractivity contribution in [2.75, 3.05) is 19.5 Å². The van der Waals surface area contributed by atoms with E-state index in [-0.39, 0.29) is 10.8 Å². The monoisotopic (exact) mass is 345 g/mol. The SMILES string of the molecule is CON(C)S(=O)(=O)c1ccc(C(=O)Nc2ccc(C#N)cc2)cc1. The van der Waals surface area contributed by atoms with Crippen molar-refractivity contribution in [2.45, 2.75) is 4.90 Å². The Balaban J connectivity index is 2.15. The zero-order valence-corrected chi connectivity index (χ0v) is 13.9. The number of carbonyl (C=O) groups excluding carboxylic acids is 1. The molecule has 1 amide bonds. The van der Waals surface area contributed by atoms with Crippen molar-refractivity contribution >= 4 is 21.6 Å². The van der Waals surface area contributed by atoms with Crippen molar-refractivity contribution in [1.29, 1.82) is 5.26 Å². The zero-order valence-electron chi connectivity index (χ0n) is 13.1. The van der Waals surface area contributed by atoms with E-state index in [9.17, 15) is 13.2 Å². The molecule has 8 heteroatoms. The molecule has 0 radical (unpaired) electrons. The van der Waals surface area contributed by atoms with Gasteiger partial charge in [0.25, 0.3) is 15.9 Å². The van der Waals surface area contributed by atoms with Gasteiger partial charge in [0.15, 0.2) is 0 Å². The van der Waals surface area contributed by atoms with E-state index in [1.165, 1.54) is 38.4 Å². The third kappa shape index (κ3) is 3.78. The average molecular weight is 345 g/mol. The Morgan fingerprint density at radius 3 is 2.21 bits per heavy atom. The smallest absolute Gasteiger partial charge is 0.264 e. The van der Waals surface area contributed by atoms with Crippen LogP contribution in [0.4, 0.5) is 5.69 Å². The van der Waals surface area contributed by atoms with Crippen LogP contribution in [0.3, 0.4) is 0 Å². The first kappa shape index (κ1) is 17.6. The number of nitriles is 1. The summed E-state index contributed by atoms with van der Waals surface area (Å²) in [5.74, 6) is -0.385. The summed E-state index contributed by atoms with van der Waals surface area (Å²) in [6, 6.07) is 13.9. The van der Waals surface area contributed by atoms with Gasteiger partial charge in [0.2, 0.25) is 0 Å². The number of hydrogen-bond donors (Lipinski definition) is 1. The Morgan fingerprint density at radius 1 is 1.12 bits per heavy atom. The van der Waals surface area contributed by atoms with Gasteiger partial charge in [0.1, 0.15) is 0 Å². The number of benzene rings is 2. The summed E-state index contributed by atoms with van der Waals surface area (Å²) in [5.41, 5.74) is 1.33. The lowest BCUT2D eigenvalue weighted by Crippen LogP contribution is -2.25. The molecule has 0 unspecified atom stereocenters. The van der Waals surface area contributed by atoms with Crippen LogP contribution in [0.5, 0.6) is 0 Å². The summed E-state index contributed by atoms with van der Waals surface area (Å²) in [5, 5.41) is 11.4. The molecule has 124 valence electrons. The summed E-state index contributed by atoms with van der Waals surface area (Å²) in [6.45, 7) is 0. The minimum absolute atomic E-state index is 0.0155. The fraction of sp³-hybridized carbons (Fsp3) is 0.125. The summed E-state index contributed by atoms with van der Waals surface area (Å²) in [7, 11) is -1.22. The molecule has 0 aliphatic rings. The first-order valence-corrected chi connectivity index (χ1v) is 8.27.